The van der Waals surface area contributed by atoms with E-state index in [2.05, 4.69) is 22.2 Å². The summed E-state index contributed by atoms with van der Waals surface area (Å²) in [5, 5.41) is 2.93. The van der Waals surface area contributed by atoms with Crippen molar-refractivity contribution in [1.82, 2.24) is 15.1 Å². The van der Waals surface area contributed by atoms with Crippen LogP contribution < -0.4 is 10.1 Å². The molecule has 6 nitrogen and oxygen atoms in total. The van der Waals surface area contributed by atoms with Crippen LogP contribution in [0.4, 0.5) is 0 Å². The molecule has 27 heavy (non-hydrogen) atoms. The van der Waals surface area contributed by atoms with Crippen LogP contribution in [-0.2, 0) is 13.0 Å². The lowest BCUT2D eigenvalue weighted by Gasteiger charge is -2.31. The molecule has 0 bridgehead atoms. The predicted octanol–water partition coefficient (Wildman–Crippen LogP) is 2.40. The van der Waals surface area contributed by atoms with E-state index in [-0.39, 0.29) is 5.91 Å². The third kappa shape index (κ3) is 5.84. The van der Waals surface area contributed by atoms with E-state index in [9.17, 15) is 4.79 Å². The fourth-order valence-corrected chi connectivity index (χ4v) is 3.14. The lowest BCUT2D eigenvalue weighted by atomic mass is 10.1. The van der Waals surface area contributed by atoms with Gasteiger partial charge in [-0.1, -0.05) is 12.1 Å². The van der Waals surface area contributed by atoms with Crippen LogP contribution >= 0.6 is 0 Å². The van der Waals surface area contributed by atoms with Crippen molar-refractivity contribution in [3.8, 4) is 5.75 Å². The highest BCUT2D eigenvalue weighted by Gasteiger charge is 2.17. The zero-order chi connectivity index (χ0) is 19.1. The summed E-state index contributed by atoms with van der Waals surface area (Å²) in [6.07, 6.45) is 0.771. The number of hydrogen-bond acceptors (Lipinski definition) is 5. The van der Waals surface area contributed by atoms with Gasteiger partial charge in [-0.3, -0.25) is 9.69 Å². The van der Waals surface area contributed by atoms with Crippen LogP contribution in [0.25, 0.3) is 0 Å². The molecule has 1 amide bonds. The van der Waals surface area contributed by atoms with Gasteiger partial charge in [0.05, 0.1) is 13.2 Å². The number of ether oxygens (including phenoxy) is 1. The van der Waals surface area contributed by atoms with Gasteiger partial charge in [-0.25, -0.2) is 0 Å². The SMILES string of the molecule is CCOc1ccc(CCNC(=O)c2ccc(CN3CCN(C)CC3)o2)cc1. The van der Waals surface area contributed by atoms with Gasteiger partial charge in [0, 0.05) is 32.7 Å². The summed E-state index contributed by atoms with van der Waals surface area (Å²) in [6.45, 7) is 8.15. The van der Waals surface area contributed by atoms with Gasteiger partial charge in [-0.05, 0) is 50.2 Å². The summed E-state index contributed by atoms with van der Waals surface area (Å²) in [6, 6.07) is 11.6. The number of rotatable bonds is 8. The molecule has 1 fully saturated rings. The van der Waals surface area contributed by atoms with Gasteiger partial charge in [0.25, 0.3) is 5.91 Å². The first-order chi connectivity index (χ1) is 13.1. The second-order valence-electron chi connectivity index (χ2n) is 6.93. The van der Waals surface area contributed by atoms with Crippen molar-refractivity contribution in [3.63, 3.8) is 0 Å². The van der Waals surface area contributed by atoms with E-state index >= 15 is 0 Å². The van der Waals surface area contributed by atoms with Crippen molar-refractivity contribution >= 4 is 5.91 Å². The van der Waals surface area contributed by atoms with Gasteiger partial charge in [0.2, 0.25) is 0 Å². The fraction of sp³-hybridized carbons (Fsp3) is 0.476. The maximum Gasteiger partial charge on any atom is 0.287 e. The molecule has 6 heteroatoms. The first-order valence-corrected chi connectivity index (χ1v) is 9.63. The van der Waals surface area contributed by atoms with Gasteiger partial charge in [-0.15, -0.1) is 0 Å². The van der Waals surface area contributed by atoms with Crippen LogP contribution in [0.3, 0.4) is 0 Å². The summed E-state index contributed by atoms with van der Waals surface area (Å²) in [5.74, 6) is 1.93. The number of hydrogen-bond donors (Lipinski definition) is 1. The quantitative estimate of drug-likeness (QED) is 0.772. The Balaban J connectivity index is 1.42. The van der Waals surface area contributed by atoms with E-state index in [0.29, 0.717) is 18.9 Å². The number of benzene rings is 1. The number of nitrogens with one attached hydrogen (secondary N) is 1. The topological polar surface area (TPSA) is 58.0 Å². The molecule has 1 N–H and O–H groups in total. The summed E-state index contributed by atoms with van der Waals surface area (Å²) >= 11 is 0. The van der Waals surface area contributed by atoms with Gasteiger partial charge >= 0.3 is 0 Å². The molecule has 1 aromatic heterocycles. The number of likely N-dealkylation sites (N-methyl/N-ethyl adjacent to an activating group) is 1. The molecule has 146 valence electrons. The molecule has 0 unspecified atom stereocenters. The Morgan fingerprint density at radius 1 is 1.11 bits per heavy atom. The minimum Gasteiger partial charge on any atom is -0.494 e. The van der Waals surface area contributed by atoms with Crippen LogP contribution in [-0.4, -0.2) is 62.1 Å². The van der Waals surface area contributed by atoms with Crippen molar-refractivity contribution in [2.75, 3.05) is 46.4 Å². The fourth-order valence-electron chi connectivity index (χ4n) is 3.14. The molecular weight excluding hydrogens is 342 g/mol. The molecule has 1 saturated heterocycles. The number of piperazine rings is 1. The molecule has 0 atom stereocenters. The lowest BCUT2D eigenvalue weighted by molar-refractivity contribution is 0.0919. The van der Waals surface area contributed by atoms with Crippen LogP contribution in [0.1, 0.15) is 28.8 Å². The van der Waals surface area contributed by atoms with Crippen LogP contribution in [0.15, 0.2) is 40.8 Å². The first-order valence-electron chi connectivity index (χ1n) is 9.63. The summed E-state index contributed by atoms with van der Waals surface area (Å²) in [5.41, 5.74) is 1.16. The number of nitrogens with zero attached hydrogens (tertiary/aromatic N) is 2. The summed E-state index contributed by atoms with van der Waals surface area (Å²) in [4.78, 5) is 17.0. The third-order valence-corrected chi connectivity index (χ3v) is 4.79. The number of furan rings is 1. The van der Waals surface area contributed by atoms with Crippen LogP contribution in [0.2, 0.25) is 0 Å². The minimum absolute atomic E-state index is 0.162. The normalized spacial score (nSPS) is 15.6. The molecule has 1 aliphatic heterocycles. The monoisotopic (exact) mass is 371 g/mol. The Labute approximate surface area is 161 Å². The number of carbonyl (C=O) groups excluding carboxylic acids is 1. The Hall–Kier alpha value is -2.31. The highest BCUT2D eigenvalue weighted by molar-refractivity contribution is 5.91. The number of carbonyl (C=O) groups is 1. The maximum atomic E-state index is 12.3. The molecule has 2 heterocycles. The largest absolute Gasteiger partial charge is 0.494 e. The zero-order valence-electron chi connectivity index (χ0n) is 16.2. The van der Waals surface area contributed by atoms with Gasteiger partial charge < -0.3 is 19.4 Å². The zero-order valence-corrected chi connectivity index (χ0v) is 16.2. The van der Waals surface area contributed by atoms with Gasteiger partial charge in [0.1, 0.15) is 11.5 Å². The molecule has 1 aromatic carbocycles. The Morgan fingerprint density at radius 3 is 2.56 bits per heavy atom. The van der Waals surface area contributed by atoms with Crippen molar-refractivity contribution in [2.45, 2.75) is 19.9 Å². The molecule has 3 rings (SSSR count). The molecule has 0 spiro atoms. The highest BCUT2D eigenvalue weighted by Crippen LogP contribution is 2.13. The molecule has 0 radical (unpaired) electrons. The van der Waals surface area contributed by atoms with E-state index in [1.807, 2.05) is 37.3 Å². The van der Waals surface area contributed by atoms with E-state index in [1.165, 1.54) is 0 Å². The predicted molar refractivity (Wildman–Crippen MR) is 105 cm³/mol. The van der Waals surface area contributed by atoms with E-state index in [0.717, 1.165) is 56.2 Å². The molecular formula is C21H29N3O3. The second-order valence-corrected chi connectivity index (χ2v) is 6.93. The van der Waals surface area contributed by atoms with Crippen LogP contribution in [0.5, 0.6) is 5.75 Å². The maximum absolute atomic E-state index is 12.3. The minimum atomic E-state index is -0.162. The van der Waals surface area contributed by atoms with E-state index in [1.54, 1.807) is 6.07 Å². The van der Waals surface area contributed by atoms with Gasteiger partial charge in [-0.2, -0.15) is 0 Å². The van der Waals surface area contributed by atoms with Crippen molar-refractivity contribution < 1.29 is 13.9 Å². The second kappa shape index (κ2) is 9.58. The smallest absolute Gasteiger partial charge is 0.287 e. The highest BCUT2D eigenvalue weighted by atomic mass is 16.5. The molecule has 1 aliphatic rings. The summed E-state index contributed by atoms with van der Waals surface area (Å²) in [7, 11) is 2.14. The third-order valence-electron chi connectivity index (χ3n) is 4.79. The van der Waals surface area contributed by atoms with E-state index < -0.39 is 0 Å². The number of amides is 1. The Bertz CT molecular complexity index is 719. The molecule has 0 aliphatic carbocycles. The average Bonchev–Trinajstić information content (AvgIpc) is 3.14. The molecule has 2 aromatic rings. The summed E-state index contributed by atoms with van der Waals surface area (Å²) < 4.78 is 11.2. The molecule has 0 saturated carbocycles. The van der Waals surface area contributed by atoms with Gasteiger partial charge in [0.15, 0.2) is 5.76 Å². The Kier molecular flexibility index (Phi) is 6.90. The van der Waals surface area contributed by atoms with Crippen LogP contribution in [0, 0.1) is 0 Å². The van der Waals surface area contributed by atoms with Crippen molar-refractivity contribution in [1.29, 1.82) is 0 Å². The Morgan fingerprint density at radius 2 is 1.85 bits per heavy atom. The van der Waals surface area contributed by atoms with E-state index in [4.69, 9.17) is 9.15 Å². The van der Waals surface area contributed by atoms with Crippen molar-refractivity contribution in [3.05, 3.63) is 53.5 Å². The lowest BCUT2D eigenvalue weighted by Crippen LogP contribution is -2.43. The average molecular weight is 371 g/mol. The first kappa shape index (κ1) is 19.5. The standard InChI is InChI=1S/C21H29N3O3/c1-3-26-18-6-4-17(5-7-18)10-11-22-21(25)20-9-8-19(27-20)16-24-14-12-23(2)13-15-24/h4-9H,3,10-16H2,1-2H3,(H,22,25). The van der Waals surface area contributed by atoms with Crippen molar-refractivity contribution in [2.24, 2.45) is 0 Å².